The van der Waals surface area contributed by atoms with Gasteiger partial charge in [0.15, 0.2) is 0 Å². The Kier molecular flexibility index (Phi) is 5.40. The number of thiophene rings is 1. The minimum absolute atomic E-state index is 0.114. The summed E-state index contributed by atoms with van der Waals surface area (Å²) in [4.78, 5) is 26.3. The molecule has 1 N–H and O–H groups in total. The molecule has 0 bridgehead atoms. The number of halogens is 1. The first-order chi connectivity index (χ1) is 9.95. The maximum atomic E-state index is 12.7. The average molecular weight is 376 g/mol. The van der Waals surface area contributed by atoms with E-state index in [2.05, 4.69) is 15.9 Å². The van der Waals surface area contributed by atoms with Crippen LogP contribution in [0.15, 0.2) is 9.85 Å². The molecule has 1 aromatic heterocycles. The number of carbonyl (C=O) groups is 2. The van der Waals surface area contributed by atoms with Gasteiger partial charge in [-0.05, 0) is 40.9 Å². The van der Waals surface area contributed by atoms with Gasteiger partial charge >= 0.3 is 5.97 Å². The normalized spacial score (nSPS) is 21.5. The fourth-order valence-electron chi connectivity index (χ4n) is 2.45. The number of aryl methyl sites for hydroxylation is 1. The van der Waals surface area contributed by atoms with E-state index < -0.39 is 17.9 Å². The Labute approximate surface area is 136 Å². The first-order valence-electron chi connectivity index (χ1n) is 6.83. The van der Waals surface area contributed by atoms with Crippen molar-refractivity contribution in [3.63, 3.8) is 0 Å². The molecule has 1 saturated heterocycles. The fraction of sp³-hybridized carbons (Fsp3) is 0.571. The molecule has 2 heterocycles. The average Bonchev–Trinajstić information content (AvgIpc) is 3.03. The van der Waals surface area contributed by atoms with Crippen LogP contribution < -0.4 is 0 Å². The summed E-state index contributed by atoms with van der Waals surface area (Å²) in [5.41, 5.74) is 1.01. The summed E-state index contributed by atoms with van der Waals surface area (Å²) < 4.78 is 6.22. The summed E-state index contributed by atoms with van der Waals surface area (Å²) in [5.74, 6) is -1.67. The lowest BCUT2D eigenvalue weighted by Gasteiger charge is -2.29. The fourth-order valence-corrected chi connectivity index (χ4v) is 3.94. The van der Waals surface area contributed by atoms with Crippen LogP contribution in [0.3, 0.4) is 0 Å². The van der Waals surface area contributed by atoms with Gasteiger partial charge in [-0.1, -0.05) is 6.92 Å². The number of carbonyl (C=O) groups excluding carboxylic acids is 1. The van der Waals surface area contributed by atoms with Crippen molar-refractivity contribution < 1.29 is 19.4 Å². The van der Waals surface area contributed by atoms with Crippen LogP contribution in [0.5, 0.6) is 0 Å². The van der Waals surface area contributed by atoms with E-state index in [-0.39, 0.29) is 19.1 Å². The largest absolute Gasteiger partial charge is 0.481 e. The molecule has 0 spiro atoms. The van der Waals surface area contributed by atoms with E-state index >= 15 is 0 Å². The first kappa shape index (κ1) is 16.5. The van der Waals surface area contributed by atoms with E-state index in [1.165, 1.54) is 11.3 Å². The highest BCUT2D eigenvalue weighted by Crippen LogP contribution is 2.30. The maximum absolute atomic E-state index is 12.7. The van der Waals surface area contributed by atoms with Crippen LogP contribution in [-0.2, 0) is 9.53 Å². The molecule has 21 heavy (non-hydrogen) atoms. The number of rotatable bonds is 5. The van der Waals surface area contributed by atoms with Gasteiger partial charge in [0, 0.05) is 6.54 Å². The molecule has 0 saturated carbocycles. The summed E-state index contributed by atoms with van der Waals surface area (Å²) in [6, 6.07) is 1.45. The van der Waals surface area contributed by atoms with E-state index in [9.17, 15) is 14.7 Å². The molecule has 1 fully saturated rings. The molecule has 7 heteroatoms. The number of ether oxygens (including phenoxy) is 1. The van der Waals surface area contributed by atoms with Crippen LogP contribution in [0.25, 0.3) is 0 Å². The highest BCUT2D eigenvalue weighted by atomic mass is 79.9. The minimum Gasteiger partial charge on any atom is -0.481 e. The van der Waals surface area contributed by atoms with Crippen LogP contribution in [0.2, 0.25) is 0 Å². The van der Waals surface area contributed by atoms with Crippen LogP contribution in [-0.4, -0.2) is 47.7 Å². The van der Waals surface area contributed by atoms with Gasteiger partial charge in [0.1, 0.15) is 5.92 Å². The quantitative estimate of drug-likeness (QED) is 0.858. The van der Waals surface area contributed by atoms with E-state index in [1.54, 1.807) is 4.90 Å². The first-order valence-corrected chi connectivity index (χ1v) is 8.44. The maximum Gasteiger partial charge on any atom is 0.311 e. The lowest BCUT2D eigenvalue weighted by atomic mass is 10.0. The van der Waals surface area contributed by atoms with Gasteiger partial charge < -0.3 is 14.7 Å². The van der Waals surface area contributed by atoms with Gasteiger partial charge in [0.05, 0.1) is 27.9 Å². The molecule has 0 aliphatic carbocycles. The highest BCUT2D eigenvalue weighted by Gasteiger charge is 2.40. The van der Waals surface area contributed by atoms with Crippen LogP contribution in [0, 0.1) is 12.8 Å². The molecule has 116 valence electrons. The third-order valence-electron chi connectivity index (χ3n) is 3.56. The third kappa shape index (κ3) is 3.46. The minimum atomic E-state index is -0.907. The van der Waals surface area contributed by atoms with Gasteiger partial charge in [0.25, 0.3) is 5.91 Å². The van der Waals surface area contributed by atoms with E-state index in [1.807, 2.05) is 19.9 Å². The summed E-state index contributed by atoms with van der Waals surface area (Å²) in [5, 5.41) is 9.28. The molecule has 1 aliphatic heterocycles. The number of aliphatic carboxylic acids is 1. The van der Waals surface area contributed by atoms with Crippen molar-refractivity contribution in [3.05, 3.63) is 20.3 Å². The summed E-state index contributed by atoms with van der Waals surface area (Å²) in [7, 11) is 0. The van der Waals surface area contributed by atoms with Crippen molar-refractivity contribution in [2.75, 3.05) is 19.8 Å². The Hall–Kier alpha value is -0.920. The molecule has 1 amide bonds. The number of hydrogen-bond acceptors (Lipinski definition) is 4. The molecule has 1 aromatic rings. The number of nitrogens with zero attached hydrogens (tertiary/aromatic N) is 1. The Morgan fingerprint density at radius 2 is 2.24 bits per heavy atom. The van der Waals surface area contributed by atoms with Crippen LogP contribution >= 0.6 is 27.3 Å². The number of hydrogen-bond donors (Lipinski definition) is 1. The van der Waals surface area contributed by atoms with E-state index in [4.69, 9.17) is 4.74 Å². The molecule has 2 unspecified atom stereocenters. The van der Waals surface area contributed by atoms with Crippen molar-refractivity contribution in [2.45, 2.75) is 26.3 Å². The topological polar surface area (TPSA) is 66.8 Å². The molecular weight excluding hydrogens is 358 g/mol. The summed E-state index contributed by atoms with van der Waals surface area (Å²) >= 11 is 4.80. The van der Waals surface area contributed by atoms with Gasteiger partial charge in [-0.25, -0.2) is 0 Å². The Balaban J connectivity index is 2.25. The predicted octanol–water partition coefficient (Wildman–Crippen LogP) is 2.77. The van der Waals surface area contributed by atoms with Crippen LogP contribution in [0.1, 0.15) is 28.6 Å². The lowest BCUT2D eigenvalue weighted by molar-refractivity contribution is -0.142. The molecule has 1 aliphatic rings. The van der Waals surface area contributed by atoms with Crippen molar-refractivity contribution in [2.24, 2.45) is 5.92 Å². The Morgan fingerprint density at radius 3 is 2.76 bits per heavy atom. The zero-order valence-corrected chi connectivity index (χ0v) is 14.4. The summed E-state index contributed by atoms with van der Waals surface area (Å²) in [6.45, 7) is 4.89. The third-order valence-corrected chi connectivity index (χ3v) is 5.69. The number of amides is 1. The molecule has 0 aromatic carbocycles. The Morgan fingerprint density at radius 1 is 1.52 bits per heavy atom. The molecule has 2 rings (SSSR count). The number of carboxylic acids is 1. The van der Waals surface area contributed by atoms with Crippen molar-refractivity contribution in [3.8, 4) is 0 Å². The van der Waals surface area contributed by atoms with Crippen molar-refractivity contribution in [1.29, 1.82) is 0 Å². The SMILES string of the molecule is CCCN(C(=O)c1cc(C)c(Br)s1)C1COCC1C(=O)O. The van der Waals surface area contributed by atoms with E-state index in [0.717, 1.165) is 15.8 Å². The van der Waals surface area contributed by atoms with E-state index in [0.29, 0.717) is 11.4 Å². The molecule has 2 atom stereocenters. The standard InChI is InChI=1S/C14H18BrNO4S/c1-3-4-16(10-7-20-6-9(10)14(18)19)13(17)11-5-8(2)12(15)21-11/h5,9-10H,3-4,6-7H2,1-2H3,(H,18,19). The second kappa shape index (κ2) is 6.89. The highest BCUT2D eigenvalue weighted by molar-refractivity contribution is 9.11. The van der Waals surface area contributed by atoms with Gasteiger partial charge in [-0.15, -0.1) is 11.3 Å². The smallest absolute Gasteiger partial charge is 0.311 e. The molecule has 5 nitrogen and oxygen atoms in total. The Bertz CT molecular complexity index is 526. The monoisotopic (exact) mass is 375 g/mol. The zero-order valence-electron chi connectivity index (χ0n) is 12.0. The lowest BCUT2D eigenvalue weighted by Crippen LogP contribution is -2.46. The second-order valence-electron chi connectivity index (χ2n) is 5.12. The van der Waals surface area contributed by atoms with Gasteiger partial charge in [-0.3, -0.25) is 9.59 Å². The molecular formula is C14H18BrNO4S. The van der Waals surface area contributed by atoms with Gasteiger partial charge in [-0.2, -0.15) is 0 Å². The molecule has 0 radical (unpaired) electrons. The second-order valence-corrected chi connectivity index (χ2v) is 7.49. The summed E-state index contributed by atoms with van der Waals surface area (Å²) in [6.07, 6.45) is 0.778. The zero-order chi connectivity index (χ0) is 15.6. The van der Waals surface area contributed by atoms with Gasteiger partial charge in [0.2, 0.25) is 0 Å². The van der Waals surface area contributed by atoms with Crippen molar-refractivity contribution >= 4 is 39.1 Å². The van der Waals surface area contributed by atoms with Crippen molar-refractivity contribution in [1.82, 2.24) is 4.90 Å². The predicted molar refractivity (Wildman–Crippen MR) is 83.8 cm³/mol. The number of carboxylic acid groups (broad SMARTS) is 1. The van der Waals surface area contributed by atoms with Crippen LogP contribution in [0.4, 0.5) is 0 Å².